The summed E-state index contributed by atoms with van der Waals surface area (Å²) in [6, 6.07) is -0.441. The second-order valence-electron chi connectivity index (χ2n) is 5.73. The lowest BCUT2D eigenvalue weighted by Gasteiger charge is -2.39. The van der Waals surface area contributed by atoms with E-state index in [2.05, 4.69) is 0 Å². The SMILES string of the molecule is CN(C(=O)N1CCCCC1C(=O)O)C1CCCCC1. The molecule has 0 spiro atoms. The Kier molecular flexibility index (Phi) is 4.66. The first kappa shape index (κ1) is 14.2. The summed E-state index contributed by atoms with van der Waals surface area (Å²) in [5.74, 6) is -0.870. The number of carboxylic acids is 1. The van der Waals surface area contributed by atoms with Gasteiger partial charge in [-0.2, -0.15) is 0 Å². The van der Waals surface area contributed by atoms with Gasteiger partial charge in [-0.05, 0) is 32.1 Å². The molecule has 2 amide bonds. The van der Waals surface area contributed by atoms with Crippen molar-refractivity contribution in [2.75, 3.05) is 13.6 Å². The third kappa shape index (κ3) is 3.19. The molecule has 0 bridgehead atoms. The molecule has 1 atom stereocenters. The highest BCUT2D eigenvalue weighted by Crippen LogP contribution is 2.25. The molecular formula is C14H24N2O3. The second-order valence-corrected chi connectivity index (χ2v) is 5.73. The van der Waals surface area contributed by atoms with E-state index >= 15 is 0 Å². The van der Waals surface area contributed by atoms with Crippen LogP contribution in [0.4, 0.5) is 4.79 Å². The van der Waals surface area contributed by atoms with Crippen molar-refractivity contribution in [3.8, 4) is 0 Å². The van der Waals surface area contributed by atoms with Crippen molar-refractivity contribution < 1.29 is 14.7 Å². The van der Waals surface area contributed by atoms with E-state index in [1.807, 2.05) is 7.05 Å². The number of likely N-dealkylation sites (tertiary alicyclic amines) is 1. The van der Waals surface area contributed by atoms with Crippen LogP contribution in [0.15, 0.2) is 0 Å². The number of rotatable bonds is 2. The minimum absolute atomic E-state index is 0.0981. The Labute approximate surface area is 114 Å². The highest BCUT2D eigenvalue weighted by atomic mass is 16.4. The quantitative estimate of drug-likeness (QED) is 0.836. The van der Waals surface area contributed by atoms with Gasteiger partial charge in [0.1, 0.15) is 6.04 Å². The maximum Gasteiger partial charge on any atom is 0.326 e. The fourth-order valence-corrected chi connectivity index (χ4v) is 3.24. The third-order valence-electron chi connectivity index (χ3n) is 4.46. The van der Waals surface area contributed by atoms with Crippen LogP contribution in [0.1, 0.15) is 51.4 Å². The predicted octanol–water partition coefficient (Wildman–Crippen LogP) is 2.31. The maximum atomic E-state index is 12.5. The van der Waals surface area contributed by atoms with Gasteiger partial charge in [-0.1, -0.05) is 19.3 Å². The minimum atomic E-state index is -0.870. The Hall–Kier alpha value is -1.26. The number of hydrogen-bond donors (Lipinski definition) is 1. The number of carbonyl (C=O) groups excluding carboxylic acids is 1. The second kappa shape index (κ2) is 6.26. The number of urea groups is 1. The molecule has 1 N–H and O–H groups in total. The highest BCUT2D eigenvalue weighted by Gasteiger charge is 2.35. The fourth-order valence-electron chi connectivity index (χ4n) is 3.24. The number of nitrogens with zero attached hydrogens (tertiary/aromatic N) is 2. The van der Waals surface area contributed by atoms with Crippen LogP contribution in [-0.2, 0) is 4.79 Å². The van der Waals surface area contributed by atoms with Gasteiger partial charge < -0.3 is 14.9 Å². The van der Waals surface area contributed by atoms with Crippen LogP contribution in [0.5, 0.6) is 0 Å². The zero-order valence-corrected chi connectivity index (χ0v) is 11.7. The van der Waals surface area contributed by atoms with E-state index in [0.29, 0.717) is 13.0 Å². The Morgan fingerprint density at radius 2 is 1.68 bits per heavy atom. The summed E-state index contributed by atoms with van der Waals surface area (Å²) in [5, 5.41) is 9.24. The van der Waals surface area contributed by atoms with Gasteiger partial charge in [-0.15, -0.1) is 0 Å². The molecule has 1 saturated carbocycles. The van der Waals surface area contributed by atoms with Crippen LogP contribution < -0.4 is 0 Å². The molecule has 1 aliphatic heterocycles. The normalized spacial score (nSPS) is 25.1. The number of piperidine rings is 1. The summed E-state index contributed by atoms with van der Waals surface area (Å²) in [5.41, 5.74) is 0. The number of aliphatic carboxylic acids is 1. The van der Waals surface area contributed by atoms with Gasteiger partial charge >= 0.3 is 12.0 Å². The molecule has 19 heavy (non-hydrogen) atoms. The van der Waals surface area contributed by atoms with E-state index in [4.69, 9.17) is 0 Å². The molecule has 2 rings (SSSR count). The lowest BCUT2D eigenvalue weighted by atomic mass is 9.94. The standard InChI is InChI=1S/C14H24N2O3/c1-15(11-7-3-2-4-8-11)14(19)16-10-6-5-9-12(16)13(17)18/h11-12H,2-10H2,1H3,(H,17,18). The molecule has 2 fully saturated rings. The summed E-state index contributed by atoms with van der Waals surface area (Å²) in [6.45, 7) is 0.576. The molecular weight excluding hydrogens is 244 g/mol. The molecule has 0 aromatic rings. The first-order valence-corrected chi connectivity index (χ1v) is 7.37. The average molecular weight is 268 g/mol. The van der Waals surface area contributed by atoms with Crippen molar-refractivity contribution in [3.63, 3.8) is 0 Å². The van der Waals surface area contributed by atoms with Crippen LogP contribution in [-0.4, -0.2) is 52.6 Å². The smallest absolute Gasteiger partial charge is 0.326 e. The molecule has 1 aliphatic carbocycles. The minimum Gasteiger partial charge on any atom is -0.480 e. The Balaban J connectivity index is 2.01. The number of carboxylic acid groups (broad SMARTS) is 1. The van der Waals surface area contributed by atoms with Gasteiger partial charge in [0.2, 0.25) is 0 Å². The Bertz CT molecular complexity index is 340. The fraction of sp³-hybridized carbons (Fsp3) is 0.857. The predicted molar refractivity (Wildman–Crippen MR) is 72.0 cm³/mol. The van der Waals surface area contributed by atoms with Gasteiger partial charge in [-0.3, -0.25) is 0 Å². The molecule has 1 saturated heterocycles. The van der Waals surface area contributed by atoms with Crippen molar-refractivity contribution in [1.82, 2.24) is 9.80 Å². The van der Waals surface area contributed by atoms with Crippen molar-refractivity contribution in [1.29, 1.82) is 0 Å². The molecule has 0 radical (unpaired) electrons. The van der Waals surface area contributed by atoms with Gasteiger partial charge in [-0.25, -0.2) is 9.59 Å². The average Bonchev–Trinajstić information content (AvgIpc) is 2.46. The van der Waals surface area contributed by atoms with E-state index in [1.54, 1.807) is 9.80 Å². The molecule has 5 heteroatoms. The highest BCUT2D eigenvalue weighted by molar-refractivity contribution is 5.83. The number of amides is 2. The van der Waals surface area contributed by atoms with Crippen LogP contribution in [0.25, 0.3) is 0 Å². The Morgan fingerprint density at radius 1 is 1.05 bits per heavy atom. The number of carbonyl (C=O) groups is 2. The van der Waals surface area contributed by atoms with Gasteiger partial charge in [0.25, 0.3) is 0 Å². The van der Waals surface area contributed by atoms with Crippen molar-refractivity contribution in [2.24, 2.45) is 0 Å². The van der Waals surface area contributed by atoms with Gasteiger partial charge in [0.05, 0.1) is 0 Å². The molecule has 5 nitrogen and oxygen atoms in total. The lowest BCUT2D eigenvalue weighted by Crippen LogP contribution is -2.54. The molecule has 0 aromatic carbocycles. The lowest BCUT2D eigenvalue weighted by molar-refractivity contribution is -0.143. The zero-order valence-electron chi connectivity index (χ0n) is 11.7. The zero-order chi connectivity index (χ0) is 13.8. The van der Waals surface area contributed by atoms with E-state index < -0.39 is 12.0 Å². The van der Waals surface area contributed by atoms with Crippen LogP contribution in [0.2, 0.25) is 0 Å². The first-order valence-electron chi connectivity index (χ1n) is 7.37. The summed E-state index contributed by atoms with van der Waals surface area (Å²) in [4.78, 5) is 27.1. The van der Waals surface area contributed by atoms with Crippen LogP contribution in [0.3, 0.4) is 0 Å². The molecule has 2 aliphatic rings. The van der Waals surface area contributed by atoms with E-state index in [9.17, 15) is 14.7 Å². The van der Waals surface area contributed by atoms with Crippen LogP contribution in [0, 0.1) is 0 Å². The van der Waals surface area contributed by atoms with Crippen LogP contribution >= 0.6 is 0 Å². The van der Waals surface area contributed by atoms with Crippen molar-refractivity contribution >= 4 is 12.0 Å². The van der Waals surface area contributed by atoms with E-state index in [-0.39, 0.29) is 12.1 Å². The van der Waals surface area contributed by atoms with Gasteiger partial charge in [0, 0.05) is 19.6 Å². The first-order chi connectivity index (χ1) is 9.11. The number of hydrogen-bond acceptors (Lipinski definition) is 2. The monoisotopic (exact) mass is 268 g/mol. The topological polar surface area (TPSA) is 60.9 Å². The molecule has 108 valence electrons. The summed E-state index contributed by atoms with van der Waals surface area (Å²) >= 11 is 0. The van der Waals surface area contributed by atoms with E-state index in [1.165, 1.54) is 19.3 Å². The van der Waals surface area contributed by atoms with Crippen molar-refractivity contribution in [2.45, 2.75) is 63.5 Å². The third-order valence-corrected chi connectivity index (χ3v) is 4.46. The summed E-state index contributed by atoms with van der Waals surface area (Å²) in [7, 11) is 1.83. The largest absolute Gasteiger partial charge is 0.480 e. The van der Waals surface area contributed by atoms with Gasteiger partial charge in [0.15, 0.2) is 0 Å². The summed E-state index contributed by atoms with van der Waals surface area (Å²) in [6.07, 6.45) is 8.08. The Morgan fingerprint density at radius 3 is 2.32 bits per heavy atom. The maximum absolute atomic E-state index is 12.5. The summed E-state index contributed by atoms with van der Waals surface area (Å²) < 4.78 is 0. The molecule has 0 aromatic heterocycles. The molecule has 1 unspecified atom stereocenters. The van der Waals surface area contributed by atoms with Crippen molar-refractivity contribution in [3.05, 3.63) is 0 Å². The van der Waals surface area contributed by atoms with E-state index in [0.717, 1.165) is 25.7 Å². The molecule has 1 heterocycles.